The Bertz CT molecular complexity index is 327. The Morgan fingerprint density at radius 1 is 1.10 bits per heavy atom. The van der Waals surface area contributed by atoms with Crippen LogP contribution >= 0.6 is 0 Å². The standard InChI is InChI=1S/C14H26N2O5/c1-20-10-11-21-9-8-15-13(19)16-14(12(17)18)6-4-2-3-5-7-14/h2-11H2,1H3,(H,17,18)(H2,15,16,19). The number of ether oxygens (including phenoxy) is 2. The van der Waals surface area contributed by atoms with Crippen LogP contribution in [0, 0.1) is 0 Å². The first-order valence-corrected chi connectivity index (χ1v) is 7.47. The van der Waals surface area contributed by atoms with Crippen LogP contribution in [-0.4, -0.2) is 56.1 Å². The number of methoxy groups -OCH3 is 1. The van der Waals surface area contributed by atoms with Gasteiger partial charge in [0, 0.05) is 13.7 Å². The van der Waals surface area contributed by atoms with E-state index in [1.807, 2.05) is 0 Å². The summed E-state index contributed by atoms with van der Waals surface area (Å²) in [5.74, 6) is -0.948. The van der Waals surface area contributed by atoms with Crippen LogP contribution in [0.3, 0.4) is 0 Å². The summed E-state index contributed by atoms with van der Waals surface area (Å²) in [4.78, 5) is 23.4. The molecule has 0 heterocycles. The maximum atomic E-state index is 11.9. The molecule has 0 unspecified atom stereocenters. The predicted octanol–water partition coefficient (Wildman–Crippen LogP) is 1.13. The molecule has 21 heavy (non-hydrogen) atoms. The fourth-order valence-corrected chi connectivity index (χ4v) is 2.47. The third-order valence-electron chi connectivity index (χ3n) is 3.68. The van der Waals surface area contributed by atoms with E-state index in [2.05, 4.69) is 10.6 Å². The van der Waals surface area contributed by atoms with E-state index in [-0.39, 0.29) is 0 Å². The Labute approximate surface area is 125 Å². The largest absolute Gasteiger partial charge is 0.480 e. The van der Waals surface area contributed by atoms with E-state index < -0.39 is 17.5 Å². The Kier molecular flexibility index (Phi) is 8.07. The summed E-state index contributed by atoms with van der Waals surface area (Å²) in [6, 6.07) is -0.449. The normalized spacial score (nSPS) is 17.8. The van der Waals surface area contributed by atoms with Crippen molar-refractivity contribution in [1.29, 1.82) is 0 Å². The van der Waals surface area contributed by atoms with Crippen LogP contribution in [-0.2, 0) is 14.3 Å². The Hall–Kier alpha value is -1.34. The summed E-state index contributed by atoms with van der Waals surface area (Å²) in [5.41, 5.74) is -1.13. The summed E-state index contributed by atoms with van der Waals surface area (Å²) in [6.45, 7) is 1.69. The van der Waals surface area contributed by atoms with Gasteiger partial charge in [-0.2, -0.15) is 0 Å². The summed E-state index contributed by atoms with van der Waals surface area (Å²) in [6.07, 6.45) is 4.66. The molecular weight excluding hydrogens is 276 g/mol. The number of carbonyl (C=O) groups excluding carboxylic acids is 1. The number of carboxylic acids is 1. The van der Waals surface area contributed by atoms with E-state index in [0.717, 1.165) is 25.7 Å². The number of rotatable bonds is 8. The molecule has 0 atom stereocenters. The molecule has 0 aromatic rings. The van der Waals surface area contributed by atoms with Crippen LogP contribution in [0.2, 0.25) is 0 Å². The van der Waals surface area contributed by atoms with Crippen LogP contribution in [0.15, 0.2) is 0 Å². The van der Waals surface area contributed by atoms with Crippen molar-refractivity contribution in [3.05, 3.63) is 0 Å². The fourth-order valence-electron chi connectivity index (χ4n) is 2.47. The number of aliphatic carboxylic acids is 1. The van der Waals surface area contributed by atoms with Gasteiger partial charge < -0.3 is 25.2 Å². The van der Waals surface area contributed by atoms with Crippen LogP contribution in [0.4, 0.5) is 4.79 Å². The minimum atomic E-state index is -1.13. The van der Waals surface area contributed by atoms with Crippen LogP contribution < -0.4 is 10.6 Å². The lowest BCUT2D eigenvalue weighted by Gasteiger charge is -2.29. The van der Waals surface area contributed by atoms with E-state index >= 15 is 0 Å². The van der Waals surface area contributed by atoms with Crippen molar-refractivity contribution in [1.82, 2.24) is 10.6 Å². The molecule has 1 fully saturated rings. The van der Waals surface area contributed by atoms with Gasteiger partial charge >= 0.3 is 12.0 Å². The van der Waals surface area contributed by atoms with Crippen molar-refractivity contribution in [2.24, 2.45) is 0 Å². The zero-order valence-corrected chi connectivity index (χ0v) is 12.7. The lowest BCUT2D eigenvalue weighted by atomic mass is 9.90. The van der Waals surface area contributed by atoms with Gasteiger partial charge in [-0.05, 0) is 12.8 Å². The maximum absolute atomic E-state index is 11.9. The zero-order valence-electron chi connectivity index (χ0n) is 12.7. The zero-order chi connectivity index (χ0) is 15.6. The molecule has 0 aliphatic heterocycles. The molecule has 7 nitrogen and oxygen atoms in total. The van der Waals surface area contributed by atoms with Gasteiger partial charge in [-0.25, -0.2) is 9.59 Å². The van der Waals surface area contributed by atoms with Crippen molar-refractivity contribution >= 4 is 12.0 Å². The van der Waals surface area contributed by atoms with Crippen molar-refractivity contribution in [2.75, 3.05) is 33.5 Å². The number of carboxylic acid groups (broad SMARTS) is 1. The summed E-state index contributed by atoms with van der Waals surface area (Å²) in [7, 11) is 1.59. The average Bonchev–Trinajstić information content (AvgIpc) is 2.69. The minimum absolute atomic E-state index is 0.339. The molecule has 1 rings (SSSR count). The maximum Gasteiger partial charge on any atom is 0.329 e. The van der Waals surface area contributed by atoms with E-state index in [0.29, 0.717) is 39.2 Å². The van der Waals surface area contributed by atoms with Gasteiger partial charge in [-0.1, -0.05) is 25.7 Å². The van der Waals surface area contributed by atoms with Crippen LogP contribution in [0.25, 0.3) is 0 Å². The smallest absolute Gasteiger partial charge is 0.329 e. The van der Waals surface area contributed by atoms with E-state index in [1.165, 1.54) is 0 Å². The lowest BCUT2D eigenvalue weighted by Crippen LogP contribution is -2.57. The van der Waals surface area contributed by atoms with Gasteiger partial charge in [0.1, 0.15) is 5.54 Å². The third-order valence-corrected chi connectivity index (χ3v) is 3.68. The fraction of sp³-hybridized carbons (Fsp3) is 0.857. The molecule has 3 N–H and O–H groups in total. The van der Waals surface area contributed by atoms with Gasteiger partial charge in [0.25, 0.3) is 0 Å². The highest BCUT2D eigenvalue weighted by atomic mass is 16.5. The molecule has 0 saturated heterocycles. The molecule has 2 amide bonds. The lowest BCUT2D eigenvalue weighted by molar-refractivity contribution is -0.145. The van der Waals surface area contributed by atoms with Crippen molar-refractivity contribution in [3.63, 3.8) is 0 Å². The second-order valence-corrected chi connectivity index (χ2v) is 5.29. The molecule has 1 saturated carbocycles. The molecule has 7 heteroatoms. The minimum Gasteiger partial charge on any atom is -0.480 e. The second kappa shape index (κ2) is 9.57. The monoisotopic (exact) mass is 302 g/mol. The number of nitrogens with one attached hydrogen (secondary N) is 2. The Morgan fingerprint density at radius 2 is 1.76 bits per heavy atom. The topological polar surface area (TPSA) is 96.9 Å². The van der Waals surface area contributed by atoms with E-state index in [9.17, 15) is 14.7 Å². The number of amides is 2. The van der Waals surface area contributed by atoms with Gasteiger partial charge in [-0.3, -0.25) is 0 Å². The summed E-state index contributed by atoms with van der Waals surface area (Å²) >= 11 is 0. The molecule has 1 aliphatic carbocycles. The first-order valence-electron chi connectivity index (χ1n) is 7.47. The van der Waals surface area contributed by atoms with Crippen LogP contribution in [0.1, 0.15) is 38.5 Å². The van der Waals surface area contributed by atoms with Crippen molar-refractivity contribution < 1.29 is 24.2 Å². The van der Waals surface area contributed by atoms with Gasteiger partial charge in [0.2, 0.25) is 0 Å². The quantitative estimate of drug-likeness (QED) is 0.461. The molecule has 0 bridgehead atoms. The molecule has 1 aliphatic rings. The second-order valence-electron chi connectivity index (χ2n) is 5.29. The number of carbonyl (C=O) groups is 2. The Morgan fingerprint density at radius 3 is 2.33 bits per heavy atom. The van der Waals surface area contributed by atoms with Gasteiger partial charge in [0.15, 0.2) is 0 Å². The van der Waals surface area contributed by atoms with Crippen LogP contribution in [0.5, 0.6) is 0 Å². The number of urea groups is 1. The van der Waals surface area contributed by atoms with Gasteiger partial charge in [0.05, 0.1) is 19.8 Å². The molecule has 0 aromatic carbocycles. The first kappa shape index (κ1) is 17.7. The molecule has 0 radical (unpaired) electrons. The molecular formula is C14H26N2O5. The Balaban J connectivity index is 2.33. The highest BCUT2D eigenvalue weighted by molar-refractivity contribution is 5.86. The third kappa shape index (κ3) is 6.31. The van der Waals surface area contributed by atoms with Gasteiger partial charge in [-0.15, -0.1) is 0 Å². The number of hydrogen-bond acceptors (Lipinski definition) is 4. The average molecular weight is 302 g/mol. The van der Waals surface area contributed by atoms with Crippen molar-refractivity contribution in [3.8, 4) is 0 Å². The summed E-state index contributed by atoms with van der Waals surface area (Å²) in [5, 5.41) is 14.7. The molecule has 0 spiro atoms. The molecule has 0 aromatic heterocycles. The predicted molar refractivity (Wildman–Crippen MR) is 77.3 cm³/mol. The summed E-state index contributed by atoms with van der Waals surface area (Å²) < 4.78 is 10.1. The van der Waals surface area contributed by atoms with E-state index in [4.69, 9.17) is 9.47 Å². The highest BCUT2D eigenvalue weighted by Crippen LogP contribution is 2.27. The number of hydrogen-bond donors (Lipinski definition) is 3. The van der Waals surface area contributed by atoms with Crippen molar-refractivity contribution in [2.45, 2.75) is 44.1 Å². The van der Waals surface area contributed by atoms with E-state index in [1.54, 1.807) is 7.11 Å². The first-order chi connectivity index (χ1) is 10.1. The SMILES string of the molecule is COCCOCCNC(=O)NC1(C(=O)O)CCCCCC1. The highest BCUT2D eigenvalue weighted by Gasteiger charge is 2.39. The molecule has 122 valence electrons.